The summed E-state index contributed by atoms with van der Waals surface area (Å²) >= 11 is 0. The van der Waals surface area contributed by atoms with E-state index in [1.165, 1.54) is 0 Å². The number of amides is 1. The predicted molar refractivity (Wildman–Crippen MR) is 80.0 cm³/mol. The van der Waals surface area contributed by atoms with Gasteiger partial charge in [-0.05, 0) is 31.5 Å². The molecule has 1 amide bonds. The normalized spacial score (nSPS) is 16.9. The number of carbonyl (C=O) groups is 1. The van der Waals surface area contributed by atoms with E-state index in [2.05, 4.69) is 17.1 Å². The number of nitrogen functional groups attached to an aromatic ring is 1. The number of nitrogens with zero attached hydrogens (tertiary/aromatic N) is 1. The number of benzene rings is 1. The molecular formula is C15H23N3O2. The number of piperidine rings is 1. The van der Waals surface area contributed by atoms with Crippen molar-refractivity contribution in [1.82, 2.24) is 10.2 Å². The molecule has 5 heteroatoms. The smallest absolute Gasteiger partial charge is 0.251 e. The monoisotopic (exact) mass is 277 g/mol. The minimum atomic E-state index is -0.0782. The van der Waals surface area contributed by atoms with E-state index >= 15 is 0 Å². The molecule has 3 N–H and O–H groups in total. The summed E-state index contributed by atoms with van der Waals surface area (Å²) in [4.78, 5) is 14.6. The van der Waals surface area contributed by atoms with Crippen molar-refractivity contribution in [2.45, 2.75) is 25.8 Å². The molecule has 1 aromatic carbocycles. The number of rotatable bonds is 4. The van der Waals surface area contributed by atoms with E-state index in [1.807, 2.05) is 0 Å². The zero-order valence-corrected chi connectivity index (χ0v) is 12.2. The molecule has 0 aromatic heterocycles. The second-order valence-electron chi connectivity index (χ2n) is 5.18. The third-order valence-electron chi connectivity index (χ3n) is 3.80. The minimum Gasteiger partial charge on any atom is -0.497 e. The molecule has 1 fully saturated rings. The van der Waals surface area contributed by atoms with E-state index in [0.29, 0.717) is 17.0 Å². The third-order valence-corrected chi connectivity index (χ3v) is 3.80. The fourth-order valence-corrected chi connectivity index (χ4v) is 2.53. The van der Waals surface area contributed by atoms with Crippen molar-refractivity contribution in [3.05, 3.63) is 23.8 Å². The Balaban J connectivity index is 1.97. The van der Waals surface area contributed by atoms with E-state index < -0.39 is 0 Å². The molecule has 1 aliphatic rings. The van der Waals surface area contributed by atoms with Crippen molar-refractivity contribution >= 4 is 11.6 Å². The SMILES string of the molecule is CCN1CCC(NC(=O)c2cc(N)cc(OC)c2)CC1. The second kappa shape index (κ2) is 6.61. The number of anilines is 1. The molecule has 110 valence electrons. The molecule has 0 radical (unpaired) electrons. The summed E-state index contributed by atoms with van der Waals surface area (Å²) in [7, 11) is 1.57. The van der Waals surface area contributed by atoms with Gasteiger partial charge in [-0.25, -0.2) is 0 Å². The molecule has 0 unspecified atom stereocenters. The van der Waals surface area contributed by atoms with Crippen molar-refractivity contribution in [2.75, 3.05) is 32.5 Å². The maximum Gasteiger partial charge on any atom is 0.251 e. The summed E-state index contributed by atoms with van der Waals surface area (Å²) in [6, 6.07) is 5.35. The first kappa shape index (κ1) is 14.7. The lowest BCUT2D eigenvalue weighted by molar-refractivity contribution is 0.0912. The summed E-state index contributed by atoms with van der Waals surface area (Å²) in [5.41, 5.74) is 6.87. The predicted octanol–water partition coefficient (Wildman–Crippen LogP) is 1.49. The van der Waals surface area contributed by atoms with Crippen LogP contribution in [0.1, 0.15) is 30.1 Å². The Morgan fingerprint density at radius 1 is 1.40 bits per heavy atom. The lowest BCUT2D eigenvalue weighted by atomic mass is 10.0. The first-order valence-electron chi connectivity index (χ1n) is 7.10. The highest BCUT2D eigenvalue weighted by atomic mass is 16.5. The van der Waals surface area contributed by atoms with Crippen molar-refractivity contribution in [1.29, 1.82) is 0 Å². The lowest BCUT2D eigenvalue weighted by Gasteiger charge is -2.31. The van der Waals surface area contributed by atoms with Gasteiger partial charge in [-0.2, -0.15) is 0 Å². The number of likely N-dealkylation sites (tertiary alicyclic amines) is 1. The third kappa shape index (κ3) is 3.63. The Hall–Kier alpha value is -1.75. The van der Waals surface area contributed by atoms with Crippen LogP contribution in [-0.4, -0.2) is 43.6 Å². The van der Waals surface area contributed by atoms with Crippen LogP contribution in [0.25, 0.3) is 0 Å². The largest absolute Gasteiger partial charge is 0.497 e. The van der Waals surface area contributed by atoms with Crippen molar-refractivity contribution in [3.8, 4) is 5.75 Å². The van der Waals surface area contributed by atoms with Gasteiger partial charge >= 0.3 is 0 Å². The van der Waals surface area contributed by atoms with E-state index in [4.69, 9.17) is 10.5 Å². The van der Waals surface area contributed by atoms with Gasteiger partial charge in [-0.1, -0.05) is 6.92 Å². The zero-order chi connectivity index (χ0) is 14.5. The Morgan fingerprint density at radius 3 is 2.70 bits per heavy atom. The molecule has 1 aliphatic heterocycles. The quantitative estimate of drug-likeness (QED) is 0.818. The highest BCUT2D eigenvalue weighted by Gasteiger charge is 2.20. The van der Waals surface area contributed by atoms with Crippen LogP contribution < -0.4 is 15.8 Å². The maximum absolute atomic E-state index is 12.2. The van der Waals surface area contributed by atoms with E-state index in [9.17, 15) is 4.79 Å². The van der Waals surface area contributed by atoms with Gasteiger partial charge in [0.15, 0.2) is 0 Å². The molecule has 0 aliphatic carbocycles. The van der Waals surface area contributed by atoms with E-state index in [1.54, 1.807) is 25.3 Å². The van der Waals surface area contributed by atoms with Crippen molar-refractivity contribution < 1.29 is 9.53 Å². The van der Waals surface area contributed by atoms with Gasteiger partial charge in [0.05, 0.1) is 7.11 Å². The number of hydrogen-bond acceptors (Lipinski definition) is 4. The van der Waals surface area contributed by atoms with Crippen LogP contribution in [0.3, 0.4) is 0 Å². The molecule has 0 atom stereocenters. The van der Waals surface area contributed by atoms with Crippen LogP contribution in [0, 0.1) is 0 Å². The van der Waals surface area contributed by atoms with Crippen LogP contribution in [0.5, 0.6) is 5.75 Å². The molecule has 1 saturated heterocycles. The topological polar surface area (TPSA) is 67.6 Å². The average molecular weight is 277 g/mol. The van der Waals surface area contributed by atoms with Gasteiger partial charge in [-0.15, -0.1) is 0 Å². The van der Waals surface area contributed by atoms with Crippen LogP contribution in [0.15, 0.2) is 18.2 Å². The minimum absolute atomic E-state index is 0.0782. The van der Waals surface area contributed by atoms with Crippen molar-refractivity contribution in [2.24, 2.45) is 0 Å². The number of methoxy groups -OCH3 is 1. The molecule has 0 spiro atoms. The lowest BCUT2D eigenvalue weighted by Crippen LogP contribution is -2.44. The van der Waals surface area contributed by atoms with Gasteiger partial charge in [0.25, 0.3) is 5.91 Å². The highest BCUT2D eigenvalue weighted by molar-refractivity contribution is 5.95. The number of hydrogen-bond donors (Lipinski definition) is 2. The highest BCUT2D eigenvalue weighted by Crippen LogP contribution is 2.19. The summed E-state index contributed by atoms with van der Waals surface area (Å²) in [6.07, 6.45) is 2.00. The fraction of sp³-hybridized carbons (Fsp3) is 0.533. The number of carbonyl (C=O) groups excluding carboxylic acids is 1. The Bertz CT molecular complexity index is 468. The second-order valence-corrected chi connectivity index (χ2v) is 5.18. The molecule has 20 heavy (non-hydrogen) atoms. The summed E-state index contributed by atoms with van der Waals surface area (Å²) in [6.45, 7) is 5.33. The van der Waals surface area contributed by atoms with Crippen LogP contribution in [-0.2, 0) is 0 Å². The summed E-state index contributed by atoms with van der Waals surface area (Å²) < 4.78 is 5.14. The van der Waals surface area contributed by atoms with Crippen LogP contribution in [0.4, 0.5) is 5.69 Å². The van der Waals surface area contributed by atoms with Gasteiger partial charge in [-0.3, -0.25) is 4.79 Å². The first-order chi connectivity index (χ1) is 9.62. The fourth-order valence-electron chi connectivity index (χ4n) is 2.53. The van der Waals surface area contributed by atoms with Gasteiger partial charge < -0.3 is 20.7 Å². The van der Waals surface area contributed by atoms with E-state index in [-0.39, 0.29) is 11.9 Å². The summed E-state index contributed by atoms with van der Waals surface area (Å²) in [5, 5.41) is 3.08. The van der Waals surface area contributed by atoms with Gasteiger partial charge in [0.2, 0.25) is 0 Å². The molecule has 0 saturated carbocycles. The van der Waals surface area contributed by atoms with Crippen LogP contribution in [0.2, 0.25) is 0 Å². The summed E-state index contributed by atoms with van der Waals surface area (Å²) in [5.74, 6) is 0.529. The number of nitrogens with two attached hydrogens (primary N) is 1. The first-order valence-corrected chi connectivity index (χ1v) is 7.10. The average Bonchev–Trinajstić information content (AvgIpc) is 2.47. The Morgan fingerprint density at radius 2 is 2.10 bits per heavy atom. The van der Waals surface area contributed by atoms with Crippen molar-refractivity contribution in [3.63, 3.8) is 0 Å². The van der Waals surface area contributed by atoms with Gasteiger partial charge in [0, 0.05) is 36.4 Å². The molecule has 1 aromatic rings. The van der Waals surface area contributed by atoms with E-state index in [0.717, 1.165) is 32.5 Å². The number of nitrogens with one attached hydrogen (secondary N) is 1. The Labute approximate surface area is 120 Å². The maximum atomic E-state index is 12.2. The number of ether oxygens (including phenoxy) is 1. The molecule has 1 heterocycles. The molecule has 2 rings (SSSR count). The molecular weight excluding hydrogens is 254 g/mol. The Kier molecular flexibility index (Phi) is 4.84. The molecule has 5 nitrogen and oxygen atoms in total. The van der Waals surface area contributed by atoms with Gasteiger partial charge in [0.1, 0.15) is 5.75 Å². The molecule has 0 bridgehead atoms. The standard InChI is InChI=1S/C15H23N3O2/c1-3-18-6-4-13(5-7-18)17-15(19)11-8-12(16)10-14(9-11)20-2/h8-10,13H,3-7,16H2,1-2H3,(H,17,19). The van der Waals surface area contributed by atoms with Crippen LogP contribution >= 0.6 is 0 Å². The zero-order valence-electron chi connectivity index (χ0n) is 12.2.